The standard InChI is InChI=1S/C13H10Cl2F3N3OS2/c1-2-24(22)9-5-21(20-10(9)12(19)23)11-7(14)3-6(4-8(11)15)13(16,17)18/h3-5H,2H2,1H3,(H2,19,23). The highest BCUT2D eigenvalue weighted by Gasteiger charge is 2.32. The van der Waals surface area contributed by atoms with Crippen LogP contribution in [0.3, 0.4) is 0 Å². The highest BCUT2D eigenvalue weighted by Crippen LogP contribution is 2.37. The fourth-order valence-electron chi connectivity index (χ4n) is 1.91. The number of benzene rings is 1. The van der Waals surface area contributed by atoms with Gasteiger partial charge in [-0.15, -0.1) is 0 Å². The van der Waals surface area contributed by atoms with E-state index in [0.29, 0.717) is 0 Å². The minimum absolute atomic E-state index is 0.0168. The number of hydrogen-bond donors (Lipinski definition) is 1. The molecular weight excluding hydrogens is 406 g/mol. The molecular formula is C13H10Cl2F3N3OS2. The first-order valence-electron chi connectivity index (χ1n) is 6.40. The molecule has 0 amide bonds. The van der Waals surface area contributed by atoms with E-state index in [0.717, 1.165) is 16.8 Å². The molecule has 0 radical (unpaired) electrons. The van der Waals surface area contributed by atoms with E-state index < -0.39 is 22.5 Å². The van der Waals surface area contributed by atoms with Gasteiger partial charge in [0.1, 0.15) is 16.4 Å². The van der Waals surface area contributed by atoms with Crippen molar-refractivity contribution in [3.63, 3.8) is 0 Å². The number of rotatable bonds is 4. The van der Waals surface area contributed by atoms with E-state index in [1.807, 2.05) is 0 Å². The van der Waals surface area contributed by atoms with Crippen molar-refractivity contribution in [2.45, 2.75) is 18.0 Å². The first-order valence-corrected chi connectivity index (χ1v) is 8.89. The van der Waals surface area contributed by atoms with Gasteiger partial charge in [0, 0.05) is 11.9 Å². The highest BCUT2D eigenvalue weighted by atomic mass is 35.5. The summed E-state index contributed by atoms with van der Waals surface area (Å²) in [5.41, 5.74) is 4.70. The Kier molecular flexibility index (Phi) is 5.58. The van der Waals surface area contributed by atoms with Crippen LogP contribution in [0.25, 0.3) is 5.69 Å². The van der Waals surface area contributed by atoms with Crippen molar-refractivity contribution in [1.29, 1.82) is 0 Å². The fraction of sp³-hybridized carbons (Fsp3) is 0.231. The molecule has 1 unspecified atom stereocenters. The van der Waals surface area contributed by atoms with Gasteiger partial charge in [-0.2, -0.15) is 18.3 Å². The maximum absolute atomic E-state index is 12.8. The Morgan fingerprint density at radius 3 is 2.33 bits per heavy atom. The molecule has 2 rings (SSSR count). The van der Waals surface area contributed by atoms with Gasteiger partial charge in [-0.3, -0.25) is 4.21 Å². The summed E-state index contributed by atoms with van der Waals surface area (Å²) in [7, 11) is -1.42. The highest BCUT2D eigenvalue weighted by molar-refractivity contribution is 7.85. The molecule has 11 heteroatoms. The Labute approximate surface area is 153 Å². The Hall–Kier alpha value is -1.16. The number of hydrogen-bond acceptors (Lipinski definition) is 3. The molecule has 0 saturated carbocycles. The summed E-state index contributed by atoms with van der Waals surface area (Å²) in [4.78, 5) is 0.168. The van der Waals surface area contributed by atoms with Gasteiger partial charge in [-0.05, 0) is 12.1 Å². The van der Waals surface area contributed by atoms with Crippen LogP contribution in [0.4, 0.5) is 13.2 Å². The Morgan fingerprint density at radius 2 is 1.92 bits per heavy atom. The quantitative estimate of drug-likeness (QED) is 0.767. The van der Waals surface area contributed by atoms with Crippen LogP contribution in [-0.2, 0) is 17.0 Å². The lowest BCUT2D eigenvalue weighted by Gasteiger charge is -2.12. The molecule has 130 valence electrons. The average Bonchev–Trinajstić information content (AvgIpc) is 2.89. The van der Waals surface area contributed by atoms with Gasteiger partial charge in [-0.1, -0.05) is 42.3 Å². The van der Waals surface area contributed by atoms with Crippen molar-refractivity contribution in [1.82, 2.24) is 9.78 Å². The van der Waals surface area contributed by atoms with E-state index in [-0.39, 0.29) is 37.1 Å². The molecule has 2 aromatic rings. The van der Waals surface area contributed by atoms with Crippen LogP contribution in [-0.4, -0.2) is 24.7 Å². The zero-order valence-corrected chi connectivity index (χ0v) is 15.2. The molecule has 0 bridgehead atoms. The van der Waals surface area contributed by atoms with E-state index >= 15 is 0 Å². The summed E-state index contributed by atoms with van der Waals surface area (Å²) in [6.07, 6.45) is -3.25. The minimum atomic E-state index is -4.59. The number of thiocarbonyl (C=S) groups is 1. The van der Waals surface area contributed by atoms with E-state index in [9.17, 15) is 17.4 Å². The zero-order chi connectivity index (χ0) is 18.2. The fourth-order valence-corrected chi connectivity index (χ4v) is 3.68. The van der Waals surface area contributed by atoms with Crippen LogP contribution in [0.2, 0.25) is 10.0 Å². The summed E-state index contributed by atoms with van der Waals surface area (Å²) in [5, 5.41) is 3.54. The van der Waals surface area contributed by atoms with Crippen LogP contribution in [0, 0.1) is 0 Å². The minimum Gasteiger partial charge on any atom is -0.388 e. The molecule has 24 heavy (non-hydrogen) atoms. The number of alkyl halides is 3. The monoisotopic (exact) mass is 415 g/mol. The Balaban J connectivity index is 2.65. The van der Waals surface area contributed by atoms with Gasteiger partial charge < -0.3 is 5.73 Å². The normalized spacial score (nSPS) is 13.1. The lowest BCUT2D eigenvalue weighted by atomic mass is 10.2. The van der Waals surface area contributed by atoms with Crippen LogP contribution >= 0.6 is 35.4 Å². The SMILES string of the molecule is CCS(=O)c1cn(-c2c(Cl)cc(C(F)(F)F)cc2Cl)nc1C(N)=S. The van der Waals surface area contributed by atoms with Gasteiger partial charge in [0.25, 0.3) is 0 Å². The van der Waals surface area contributed by atoms with Crippen LogP contribution in [0.1, 0.15) is 18.2 Å². The lowest BCUT2D eigenvalue weighted by molar-refractivity contribution is -0.137. The van der Waals surface area contributed by atoms with Crippen molar-refractivity contribution < 1.29 is 17.4 Å². The molecule has 0 saturated heterocycles. The molecule has 1 atom stereocenters. The molecule has 0 spiro atoms. The summed E-state index contributed by atoms with van der Waals surface area (Å²) in [6, 6.07) is 1.47. The number of nitrogens with zero attached hydrogens (tertiary/aromatic N) is 2. The van der Waals surface area contributed by atoms with Crippen LogP contribution in [0.5, 0.6) is 0 Å². The number of halogens is 5. The summed E-state index contributed by atoms with van der Waals surface area (Å²) in [5.74, 6) is 0.287. The largest absolute Gasteiger partial charge is 0.416 e. The van der Waals surface area contributed by atoms with Gasteiger partial charge in [0.15, 0.2) is 0 Å². The maximum atomic E-state index is 12.8. The van der Waals surface area contributed by atoms with Gasteiger partial charge in [0.2, 0.25) is 0 Å². The first kappa shape index (κ1) is 19.2. The molecule has 1 aromatic heterocycles. The molecule has 0 aliphatic carbocycles. The smallest absolute Gasteiger partial charge is 0.388 e. The lowest BCUT2D eigenvalue weighted by Crippen LogP contribution is -2.14. The third-order valence-corrected chi connectivity index (χ3v) is 5.08. The van der Waals surface area contributed by atoms with Crippen molar-refractivity contribution in [3.05, 3.63) is 39.6 Å². The zero-order valence-electron chi connectivity index (χ0n) is 12.0. The Morgan fingerprint density at radius 1 is 1.38 bits per heavy atom. The van der Waals surface area contributed by atoms with Crippen molar-refractivity contribution in [2.24, 2.45) is 5.73 Å². The van der Waals surface area contributed by atoms with Crippen molar-refractivity contribution in [3.8, 4) is 5.69 Å². The molecule has 1 heterocycles. The molecule has 2 N–H and O–H groups in total. The third kappa shape index (κ3) is 3.74. The first-order chi connectivity index (χ1) is 11.1. The van der Waals surface area contributed by atoms with Gasteiger partial charge in [0.05, 0.1) is 31.3 Å². The average molecular weight is 416 g/mol. The van der Waals surface area contributed by atoms with E-state index in [1.165, 1.54) is 6.20 Å². The molecule has 0 aliphatic rings. The summed E-state index contributed by atoms with van der Waals surface area (Å²) in [6.45, 7) is 1.69. The third-order valence-electron chi connectivity index (χ3n) is 2.99. The van der Waals surface area contributed by atoms with E-state index in [2.05, 4.69) is 5.10 Å². The summed E-state index contributed by atoms with van der Waals surface area (Å²) < 4.78 is 51.6. The molecule has 1 aromatic carbocycles. The van der Waals surface area contributed by atoms with Gasteiger partial charge >= 0.3 is 6.18 Å². The predicted octanol–water partition coefficient (Wildman–Crippen LogP) is 3.96. The second kappa shape index (κ2) is 6.99. The molecule has 0 aliphatic heterocycles. The maximum Gasteiger partial charge on any atom is 0.416 e. The Bertz CT molecular complexity index is 813. The summed E-state index contributed by atoms with van der Waals surface area (Å²) >= 11 is 16.8. The van der Waals surface area contributed by atoms with Crippen LogP contribution in [0.15, 0.2) is 23.2 Å². The van der Waals surface area contributed by atoms with Crippen molar-refractivity contribution in [2.75, 3.05) is 5.75 Å². The van der Waals surface area contributed by atoms with E-state index in [1.54, 1.807) is 6.92 Å². The predicted molar refractivity (Wildman–Crippen MR) is 91.4 cm³/mol. The number of nitrogens with two attached hydrogens (primary N) is 1. The van der Waals surface area contributed by atoms with Gasteiger partial charge in [-0.25, -0.2) is 4.68 Å². The van der Waals surface area contributed by atoms with Crippen LogP contribution < -0.4 is 5.73 Å². The molecule has 0 fully saturated rings. The van der Waals surface area contributed by atoms with Crippen molar-refractivity contribution >= 4 is 51.2 Å². The van der Waals surface area contributed by atoms with E-state index in [4.69, 9.17) is 41.2 Å². The number of aromatic nitrogens is 2. The molecule has 4 nitrogen and oxygen atoms in total. The topological polar surface area (TPSA) is 60.9 Å². The second-order valence-corrected chi connectivity index (χ2v) is 7.53. The second-order valence-electron chi connectivity index (χ2n) is 4.57.